The SMILES string of the molecule is O=C(CSc1nnc(-c2ccccc2)o1)Nc1ccc(N2CCN(C(=O)c3ccccc3Cl)CC2)cc1. The van der Waals surface area contributed by atoms with Crippen LogP contribution < -0.4 is 10.2 Å². The summed E-state index contributed by atoms with van der Waals surface area (Å²) in [5.41, 5.74) is 3.11. The average molecular weight is 534 g/mol. The van der Waals surface area contributed by atoms with Crippen LogP contribution in [0.3, 0.4) is 0 Å². The molecular formula is C27H24ClN5O3S. The molecule has 8 nitrogen and oxygen atoms in total. The van der Waals surface area contributed by atoms with Crippen LogP contribution in [0.4, 0.5) is 11.4 Å². The number of hydrogen-bond donors (Lipinski definition) is 1. The van der Waals surface area contributed by atoms with Gasteiger partial charge in [-0.3, -0.25) is 9.59 Å². The van der Waals surface area contributed by atoms with Gasteiger partial charge in [0.2, 0.25) is 11.8 Å². The minimum absolute atomic E-state index is 0.0435. The minimum atomic E-state index is -0.163. The van der Waals surface area contributed by atoms with Crippen LogP contribution in [0.2, 0.25) is 5.02 Å². The Balaban J connectivity index is 1.09. The smallest absolute Gasteiger partial charge is 0.277 e. The second-order valence-corrected chi connectivity index (χ2v) is 9.72. The van der Waals surface area contributed by atoms with E-state index in [1.54, 1.807) is 12.1 Å². The van der Waals surface area contributed by atoms with Crippen molar-refractivity contribution in [1.29, 1.82) is 0 Å². The fourth-order valence-corrected chi connectivity index (χ4v) is 4.80. The number of thioether (sulfide) groups is 1. The van der Waals surface area contributed by atoms with Crippen molar-refractivity contribution >= 4 is 46.6 Å². The predicted molar refractivity (Wildman–Crippen MR) is 145 cm³/mol. The second-order valence-electron chi connectivity index (χ2n) is 8.38. The molecule has 2 amide bonds. The first-order chi connectivity index (χ1) is 18.1. The van der Waals surface area contributed by atoms with Gasteiger partial charge < -0.3 is 19.5 Å². The number of anilines is 2. The van der Waals surface area contributed by atoms with Crippen molar-refractivity contribution in [1.82, 2.24) is 15.1 Å². The van der Waals surface area contributed by atoms with Gasteiger partial charge in [0, 0.05) is 43.1 Å². The van der Waals surface area contributed by atoms with Gasteiger partial charge in [0.05, 0.1) is 16.3 Å². The van der Waals surface area contributed by atoms with E-state index in [2.05, 4.69) is 20.4 Å². The van der Waals surface area contributed by atoms with Crippen molar-refractivity contribution in [3.63, 3.8) is 0 Å². The highest BCUT2D eigenvalue weighted by atomic mass is 35.5. The van der Waals surface area contributed by atoms with Crippen LogP contribution >= 0.6 is 23.4 Å². The Morgan fingerprint density at radius 1 is 0.892 bits per heavy atom. The number of amides is 2. The van der Waals surface area contributed by atoms with E-state index in [-0.39, 0.29) is 17.6 Å². The van der Waals surface area contributed by atoms with Crippen LogP contribution in [0.25, 0.3) is 11.5 Å². The lowest BCUT2D eigenvalue weighted by Gasteiger charge is -2.36. The summed E-state index contributed by atoms with van der Waals surface area (Å²) in [6.45, 7) is 2.66. The highest BCUT2D eigenvalue weighted by Crippen LogP contribution is 2.24. The molecule has 1 aromatic heterocycles. The molecule has 0 unspecified atom stereocenters. The van der Waals surface area contributed by atoms with Crippen molar-refractivity contribution in [2.45, 2.75) is 5.22 Å². The molecule has 4 aromatic rings. The first-order valence-corrected chi connectivity index (χ1v) is 13.1. The first kappa shape index (κ1) is 24.9. The molecule has 2 heterocycles. The molecule has 3 aromatic carbocycles. The van der Waals surface area contributed by atoms with Crippen molar-refractivity contribution in [2.75, 3.05) is 42.1 Å². The maximum Gasteiger partial charge on any atom is 0.277 e. The van der Waals surface area contributed by atoms with E-state index >= 15 is 0 Å². The summed E-state index contributed by atoms with van der Waals surface area (Å²) in [4.78, 5) is 29.2. The number of halogens is 1. The standard InChI is InChI=1S/C27H24ClN5O3S/c28-23-9-5-4-8-22(23)26(35)33-16-14-32(15-17-33)21-12-10-20(11-13-21)29-24(34)18-37-27-31-30-25(36-27)19-6-2-1-3-7-19/h1-13H,14-18H2,(H,29,34). The first-order valence-electron chi connectivity index (χ1n) is 11.8. The fourth-order valence-electron chi connectivity index (χ4n) is 4.02. The lowest BCUT2D eigenvalue weighted by Crippen LogP contribution is -2.48. The zero-order valence-corrected chi connectivity index (χ0v) is 21.4. The van der Waals surface area contributed by atoms with E-state index in [9.17, 15) is 9.59 Å². The summed E-state index contributed by atoms with van der Waals surface area (Å²) < 4.78 is 5.63. The van der Waals surface area contributed by atoms with Gasteiger partial charge in [0.1, 0.15) is 0 Å². The van der Waals surface area contributed by atoms with Crippen LogP contribution in [-0.2, 0) is 4.79 Å². The number of carbonyl (C=O) groups excluding carboxylic acids is 2. The molecule has 5 rings (SSSR count). The van der Waals surface area contributed by atoms with E-state index in [1.807, 2.05) is 71.6 Å². The molecule has 0 saturated carbocycles. The lowest BCUT2D eigenvalue weighted by atomic mass is 10.1. The molecule has 1 aliphatic heterocycles. The van der Waals surface area contributed by atoms with E-state index in [1.165, 1.54) is 11.8 Å². The van der Waals surface area contributed by atoms with Crippen LogP contribution in [0.1, 0.15) is 10.4 Å². The fraction of sp³-hybridized carbons (Fsp3) is 0.185. The number of rotatable bonds is 7. The zero-order chi connectivity index (χ0) is 25.6. The molecule has 1 saturated heterocycles. The Kier molecular flexibility index (Phi) is 7.72. The Bertz CT molecular complexity index is 1370. The number of nitrogens with zero attached hydrogens (tertiary/aromatic N) is 4. The van der Waals surface area contributed by atoms with Gasteiger partial charge in [-0.15, -0.1) is 10.2 Å². The highest BCUT2D eigenvalue weighted by molar-refractivity contribution is 7.99. The maximum absolute atomic E-state index is 12.8. The van der Waals surface area contributed by atoms with Gasteiger partial charge in [-0.1, -0.05) is 53.7 Å². The predicted octanol–water partition coefficient (Wildman–Crippen LogP) is 5.08. The lowest BCUT2D eigenvalue weighted by molar-refractivity contribution is -0.113. The summed E-state index contributed by atoms with van der Waals surface area (Å²) >= 11 is 7.38. The van der Waals surface area contributed by atoms with Gasteiger partial charge >= 0.3 is 0 Å². The molecule has 1 fully saturated rings. The Hall–Kier alpha value is -3.82. The van der Waals surface area contributed by atoms with Gasteiger partial charge in [-0.2, -0.15) is 0 Å². The summed E-state index contributed by atoms with van der Waals surface area (Å²) in [7, 11) is 0. The average Bonchev–Trinajstić information content (AvgIpc) is 3.42. The third kappa shape index (κ3) is 6.12. The monoisotopic (exact) mass is 533 g/mol. The highest BCUT2D eigenvalue weighted by Gasteiger charge is 2.23. The minimum Gasteiger partial charge on any atom is -0.411 e. The molecule has 0 radical (unpaired) electrons. The number of benzene rings is 3. The van der Waals surface area contributed by atoms with E-state index in [0.29, 0.717) is 53.6 Å². The van der Waals surface area contributed by atoms with Crippen LogP contribution in [0.15, 0.2) is 88.5 Å². The molecule has 0 aliphatic carbocycles. The summed E-state index contributed by atoms with van der Waals surface area (Å²) in [5.74, 6) is 0.370. The molecule has 188 valence electrons. The number of hydrogen-bond acceptors (Lipinski definition) is 7. The quantitative estimate of drug-likeness (QED) is 0.331. The maximum atomic E-state index is 12.8. The zero-order valence-electron chi connectivity index (χ0n) is 19.8. The summed E-state index contributed by atoms with van der Waals surface area (Å²) in [5, 5.41) is 11.7. The summed E-state index contributed by atoms with van der Waals surface area (Å²) in [6.07, 6.45) is 0. The molecular weight excluding hydrogens is 510 g/mol. The number of piperazine rings is 1. The van der Waals surface area contributed by atoms with Crippen molar-refractivity contribution in [3.05, 3.63) is 89.4 Å². The second kappa shape index (κ2) is 11.5. The topological polar surface area (TPSA) is 91.6 Å². The largest absolute Gasteiger partial charge is 0.411 e. The number of nitrogens with one attached hydrogen (secondary N) is 1. The van der Waals surface area contributed by atoms with Crippen molar-refractivity contribution < 1.29 is 14.0 Å². The molecule has 10 heteroatoms. The third-order valence-electron chi connectivity index (χ3n) is 5.94. The number of carbonyl (C=O) groups is 2. The van der Waals surface area contributed by atoms with Crippen LogP contribution in [-0.4, -0.2) is 58.8 Å². The molecule has 0 atom stereocenters. The Labute approximate surface area is 223 Å². The molecule has 1 aliphatic rings. The van der Waals surface area contributed by atoms with E-state index in [4.69, 9.17) is 16.0 Å². The Morgan fingerprint density at radius 3 is 2.32 bits per heavy atom. The van der Waals surface area contributed by atoms with E-state index in [0.717, 1.165) is 11.3 Å². The van der Waals surface area contributed by atoms with Crippen LogP contribution in [0, 0.1) is 0 Å². The summed E-state index contributed by atoms with van der Waals surface area (Å²) in [6, 6.07) is 24.3. The van der Waals surface area contributed by atoms with E-state index < -0.39 is 0 Å². The van der Waals surface area contributed by atoms with Crippen molar-refractivity contribution in [3.8, 4) is 11.5 Å². The van der Waals surface area contributed by atoms with Gasteiger partial charge in [0.25, 0.3) is 11.1 Å². The normalized spacial score (nSPS) is 13.4. The molecule has 37 heavy (non-hydrogen) atoms. The third-order valence-corrected chi connectivity index (χ3v) is 7.09. The number of aromatic nitrogens is 2. The van der Waals surface area contributed by atoms with Crippen molar-refractivity contribution in [2.24, 2.45) is 0 Å². The van der Waals surface area contributed by atoms with Gasteiger partial charge in [-0.05, 0) is 48.5 Å². The Morgan fingerprint density at radius 2 is 1.59 bits per heavy atom. The molecule has 0 bridgehead atoms. The molecule has 0 spiro atoms. The van der Waals surface area contributed by atoms with Gasteiger partial charge in [-0.25, -0.2) is 0 Å². The molecule has 1 N–H and O–H groups in total. The van der Waals surface area contributed by atoms with Gasteiger partial charge in [0.15, 0.2) is 0 Å². The van der Waals surface area contributed by atoms with Crippen LogP contribution in [0.5, 0.6) is 0 Å².